The molecule has 1 saturated heterocycles. The molecule has 10 heavy (non-hydrogen) atoms. The molecule has 1 aliphatic carbocycles. The number of fused-ring (bicyclic) bond motifs is 1. The summed E-state index contributed by atoms with van der Waals surface area (Å²) in [4.78, 5) is 10.8. The van der Waals surface area contributed by atoms with Crippen LogP contribution in [0.2, 0.25) is 0 Å². The fraction of sp³-hybridized carbons (Fsp3) is 0.625. The van der Waals surface area contributed by atoms with Gasteiger partial charge in [-0.2, -0.15) is 0 Å². The van der Waals surface area contributed by atoms with E-state index in [1.165, 1.54) is 0 Å². The molecule has 1 atom stereocenters. The Morgan fingerprint density at radius 1 is 1.50 bits per heavy atom. The van der Waals surface area contributed by atoms with Crippen molar-refractivity contribution in [1.29, 1.82) is 0 Å². The number of carbonyl (C=O) groups is 1. The topological polar surface area (TPSA) is 26.3 Å². The molecule has 2 rings (SSSR count). The van der Waals surface area contributed by atoms with Crippen LogP contribution in [-0.2, 0) is 9.53 Å². The first kappa shape index (κ1) is 5.96. The van der Waals surface area contributed by atoms with E-state index in [4.69, 9.17) is 4.74 Å². The summed E-state index contributed by atoms with van der Waals surface area (Å²) in [6, 6.07) is 0. The minimum Gasteiger partial charge on any atom is -0.497 e. The third kappa shape index (κ3) is 0.838. The van der Waals surface area contributed by atoms with Crippen molar-refractivity contribution in [1.82, 2.24) is 0 Å². The molecule has 1 heterocycles. The summed E-state index contributed by atoms with van der Waals surface area (Å²) in [5.74, 6) is 1.74. The predicted molar refractivity (Wildman–Crippen MR) is 36.4 cm³/mol. The number of ether oxygens (including phenoxy) is 1. The molecule has 2 aliphatic rings. The molecular formula is C8H10O2. The average molecular weight is 138 g/mol. The quantitative estimate of drug-likeness (QED) is 0.504. The van der Waals surface area contributed by atoms with E-state index in [1.54, 1.807) is 6.08 Å². The van der Waals surface area contributed by atoms with Crippen molar-refractivity contribution in [2.24, 2.45) is 5.92 Å². The van der Waals surface area contributed by atoms with Crippen LogP contribution in [0.15, 0.2) is 11.8 Å². The molecule has 0 spiro atoms. The minimum absolute atomic E-state index is 0.230. The van der Waals surface area contributed by atoms with Crippen molar-refractivity contribution in [3.05, 3.63) is 11.8 Å². The van der Waals surface area contributed by atoms with E-state index in [2.05, 4.69) is 0 Å². The van der Waals surface area contributed by atoms with E-state index in [0.717, 1.165) is 31.6 Å². The molecule has 0 aromatic rings. The van der Waals surface area contributed by atoms with Gasteiger partial charge in [0, 0.05) is 18.4 Å². The normalized spacial score (nSPS) is 31.0. The zero-order chi connectivity index (χ0) is 6.97. The third-order valence-electron chi connectivity index (χ3n) is 2.18. The Morgan fingerprint density at radius 3 is 3.30 bits per heavy atom. The monoisotopic (exact) mass is 138 g/mol. The molecule has 1 aliphatic heterocycles. The van der Waals surface area contributed by atoms with Crippen LogP contribution in [0.25, 0.3) is 0 Å². The second kappa shape index (κ2) is 2.11. The maximum atomic E-state index is 10.8. The van der Waals surface area contributed by atoms with Crippen LogP contribution in [0.4, 0.5) is 0 Å². The predicted octanol–water partition coefficient (Wildman–Crippen LogP) is 1.27. The lowest BCUT2D eigenvalue weighted by molar-refractivity contribution is -0.115. The molecule has 54 valence electrons. The largest absolute Gasteiger partial charge is 0.497 e. The van der Waals surface area contributed by atoms with E-state index in [1.807, 2.05) is 0 Å². The van der Waals surface area contributed by atoms with Gasteiger partial charge in [-0.25, -0.2) is 0 Å². The second-order valence-electron chi connectivity index (χ2n) is 2.89. The molecule has 0 radical (unpaired) electrons. The number of rotatable bonds is 0. The van der Waals surface area contributed by atoms with E-state index >= 15 is 0 Å². The van der Waals surface area contributed by atoms with Crippen LogP contribution >= 0.6 is 0 Å². The van der Waals surface area contributed by atoms with Crippen molar-refractivity contribution in [3.8, 4) is 0 Å². The van der Waals surface area contributed by atoms with Crippen molar-refractivity contribution in [2.75, 3.05) is 6.61 Å². The van der Waals surface area contributed by atoms with Gasteiger partial charge in [-0.1, -0.05) is 0 Å². The lowest BCUT2D eigenvalue weighted by atomic mass is 9.93. The zero-order valence-corrected chi connectivity index (χ0v) is 5.80. The highest BCUT2D eigenvalue weighted by molar-refractivity contribution is 5.91. The van der Waals surface area contributed by atoms with Crippen molar-refractivity contribution < 1.29 is 9.53 Å². The number of hydrogen-bond donors (Lipinski definition) is 0. The van der Waals surface area contributed by atoms with Crippen molar-refractivity contribution in [3.63, 3.8) is 0 Å². The molecule has 0 aromatic carbocycles. The average Bonchev–Trinajstić information content (AvgIpc) is 2.33. The smallest absolute Gasteiger partial charge is 0.159 e. The van der Waals surface area contributed by atoms with Gasteiger partial charge in [-0.15, -0.1) is 0 Å². The highest BCUT2D eigenvalue weighted by Crippen LogP contribution is 2.31. The van der Waals surface area contributed by atoms with Crippen LogP contribution in [0.1, 0.15) is 19.3 Å². The summed E-state index contributed by atoms with van der Waals surface area (Å²) in [7, 11) is 0. The van der Waals surface area contributed by atoms with E-state index < -0.39 is 0 Å². The van der Waals surface area contributed by atoms with Gasteiger partial charge in [-0.3, -0.25) is 4.79 Å². The molecule has 2 nitrogen and oxygen atoms in total. The van der Waals surface area contributed by atoms with Gasteiger partial charge < -0.3 is 4.74 Å². The number of ketones is 1. The lowest BCUT2D eigenvalue weighted by Crippen LogP contribution is -2.09. The minimum atomic E-state index is 0.230. The van der Waals surface area contributed by atoms with Gasteiger partial charge in [-0.05, 0) is 12.8 Å². The Morgan fingerprint density at radius 2 is 2.40 bits per heavy atom. The van der Waals surface area contributed by atoms with Crippen LogP contribution in [0.3, 0.4) is 0 Å². The maximum absolute atomic E-state index is 10.8. The van der Waals surface area contributed by atoms with E-state index in [0.29, 0.717) is 5.92 Å². The van der Waals surface area contributed by atoms with Gasteiger partial charge in [0.2, 0.25) is 0 Å². The maximum Gasteiger partial charge on any atom is 0.159 e. The van der Waals surface area contributed by atoms with Gasteiger partial charge in [0.05, 0.1) is 6.61 Å². The fourth-order valence-corrected chi connectivity index (χ4v) is 1.57. The SMILES string of the molecule is O=C1C=C2OCCC2CC1. The van der Waals surface area contributed by atoms with Crippen LogP contribution < -0.4 is 0 Å². The van der Waals surface area contributed by atoms with Gasteiger partial charge in [0.15, 0.2) is 5.78 Å². The van der Waals surface area contributed by atoms with Gasteiger partial charge in [0.1, 0.15) is 5.76 Å². The number of allylic oxidation sites excluding steroid dienone is 2. The molecule has 1 unspecified atom stereocenters. The van der Waals surface area contributed by atoms with E-state index in [9.17, 15) is 4.79 Å². The highest BCUT2D eigenvalue weighted by atomic mass is 16.5. The summed E-state index contributed by atoms with van der Waals surface area (Å²) in [6.07, 6.45) is 4.50. The Balaban J connectivity index is 2.23. The summed E-state index contributed by atoms with van der Waals surface area (Å²) in [5.41, 5.74) is 0. The number of hydrogen-bond acceptors (Lipinski definition) is 2. The van der Waals surface area contributed by atoms with Crippen LogP contribution in [0, 0.1) is 5.92 Å². The fourth-order valence-electron chi connectivity index (χ4n) is 1.57. The Bertz CT molecular complexity index is 193. The molecule has 0 N–H and O–H groups in total. The summed E-state index contributed by atoms with van der Waals surface area (Å²) < 4.78 is 5.27. The first-order chi connectivity index (χ1) is 4.86. The Labute approximate surface area is 59.9 Å². The Kier molecular flexibility index (Phi) is 1.26. The second-order valence-corrected chi connectivity index (χ2v) is 2.89. The molecule has 0 saturated carbocycles. The lowest BCUT2D eigenvalue weighted by Gasteiger charge is -2.12. The highest BCUT2D eigenvalue weighted by Gasteiger charge is 2.27. The standard InChI is InChI=1S/C8H10O2/c9-7-2-1-6-3-4-10-8(6)5-7/h5-6H,1-4H2. The van der Waals surface area contributed by atoms with Crippen LogP contribution in [0.5, 0.6) is 0 Å². The molecule has 1 fully saturated rings. The van der Waals surface area contributed by atoms with Gasteiger partial charge in [0.25, 0.3) is 0 Å². The molecule has 2 heteroatoms. The summed E-state index contributed by atoms with van der Waals surface area (Å²) >= 11 is 0. The Hall–Kier alpha value is -0.790. The zero-order valence-electron chi connectivity index (χ0n) is 5.80. The van der Waals surface area contributed by atoms with Crippen LogP contribution in [-0.4, -0.2) is 12.4 Å². The molecule has 0 amide bonds. The van der Waals surface area contributed by atoms with Crippen molar-refractivity contribution >= 4 is 5.78 Å². The van der Waals surface area contributed by atoms with Crippen molar-refractivity contribution in [2.45, 2.75) is 19.3 Å². The summed E-state index contributed by atoms with van der Waals surface area (Å²) in [5, 5.41) is 0. The van der Waals surface area contributed by atoms with E-state index in [-0.39, 0.29) is 5.78 Å². The molecule has 0 aromatic heterocycles. The third-order valence-corrected chi connectivity index (χ3v) is 2.18. The molecular weight excluding hydrogens is 128 g/mol. The first-order valence-corrected chi connectivity index (χ1v) is 3.73. The molecule has 0 bridgehead atoms. The van der Waals surface area contributed by atoms with Gasteiger partial charge >= 0.3 is 0 Å². The first-order valence-electron chi connectivity index (χ1n) is 3.73. The number of carbonyl (C=O) groups excluding carboxylic acids is 1. The summed E-state index contributed by atoms with van der Waals surface area (Å²) in [6.45, 7) is 0.809.